The number of hydrogen-bond acceptors (Lipinski definition) is 8. The van der Waals surface area contributed by atoms with E-state index in [0.717, 1.165) is 25.2 Å². The Morgan fingerprint density at radius 1 is 1.16 bits per heavy atom. The lowest BCUT2D eigenvalue weighted by Crippen LogP contribution is -2.41. The summed E-state index contributed by atoms with van der Waals surface area (Å²) in [4.78, 5) is 27.4. The van der Waals surface area contributed by atoms with Crippen molar-refractivity contribution in [2.24, 2.45) is 5.92 Å². The zero-order chi connectivity index (χ0) is 21.0. The molecule has 4 aromatic heterocycles. The number of carbonyl (C=O) groups is 1. The number of hydrogen-bond donors (Lipinski definition) is 1. The van der Waals surface area contributed by atoms with Gasteiger partial charge < -0.3 is 14.6 Å². The minimum Gasteiger partial charge on any atom is -0.463 e. The summed E-state index contributed by atoms with van der Waals surface area (Å²) in [5, 5.41) is 11.5. The van der Waals surface area contributed by atoms with Gasteiger partial charge in [0.2, 0.25) is 5.91 Å². The molecule has 1 N–H and O–H groups in total. The standard InChI is InChI=1S/C21H20N8O2/c30-21(25-18-11-20(24-13-23-18)29-9-7-22-14-29)15-3-1-8-28(12-15)19-6-5-16(26-27-19)17-4-2-10-31-17/h2,4-7,9-11,13-15H,1,3,8,12H2,(H,23,24,25,30). The average molecular weight is 416 g/mol. The van der Waals surface area contributed by atoms with Crippen LogP contribution in [0.1, 0.15) is 12.8 Å². The van der Waals surface area contributed by atoms with Gasteiger partial charge in [0.1, 0.15) is 30.0 Å². The third-order valence-corrected chi connectivity index (χ3v) is 5.21. The normalized spacial score (nSPS) is 16.3. The summed E-state index contributed by atoms with van der Waals surface area (Å²) in [6.07, 6.45) is 9.82. The number of nitrogens with one attached hydrogen (secondary N) is 1. The van der Waals surface area contributed by atoms with Crippen molar-refractivity contribution in [3.63, 3.8) is 0 Å². The first-order valence-corrected chi connectivity index (χ1v) is 10.00. The molecule has 10 nitrogen and oxygen atoms in total. The van der Waals surface area contributed by atoms with E-state index in [4.69, 9.17) is 4.42 Å². The fourth-order valence-corrected chi connectivity index (χ4v) is 3.63. The second-order valence-electron chi connectivity index (χ2n) is 7.26. The van der Waals surface area contributed by atoms with Gasteiger partial charge in [-0.15, -0.1) is 10.2 Å². The topological polar surface area (TPSA) is 115 Å². The minimum atomic E-state index is -0.174. The molecule has 0 aliphatic carbocycles. The van der Waals surface area contributed by atoms with Crippen LogP contribution < -0.4 is 10.2 Å². The van der Waals surface area contributed by atoms with Gasteiger partial charge in [-0.2, -0.15) is 0 Å². The SMILES string of the molecule is O=C(Nc1cc(-n2ccnc2)ncn1)C1CCCN(c2ccc(-c3ccco3)nn2)C1. The molecule has 1 atom stereocenters. The van der Waals surface area contributed by atoms with Crippen LogP contribution in [-0.4, -0.2) is 48.7 Å². The maximum atomic E-state index is 12.9. The van der Waals surface area contributed by atoms with Crippen molar-refractivity contribution < 1.29 is 9.21 Å². The molecule has 5 rings (SSSR count). The number of piperidine rings is 1. The molecule has 156 valence electrons. The van der Waals surface area contributed by atoms with Gasteiger partial charge >= 0.3 is 0 Å². The molecule has 1 amide bonds. The number of furan rings is 1. The Balaban J connectivity index is 1.25. The zero-order valence-electron chi connectivity index (χ0n) is 16.6. The molecule has 10 heteroatoms. The maximum absolute atomic E-state index is 12.9. The van der Waals surface area contributed by atoms with E-state index in [-0.39, 0.29) is 11.8 Å². The van der Waals surface area contributed by atoms with Gasteiger partial charge in [0.05, 0.1) is 12.2 Å². The monoisotopic (exact) mass is 416 g/mol. The lowest BCUT2D eigenvalue weighted by molar-refractivity contribution is -0.120. The Morgan fingerprint density at radius 3 is 2.90 bits per heavy atom. The maximum Gasteiger partial charge on any atom is 0.230 e. The van der Waals surface area contributed by atoms with E-state index in [0.29, 0.717) is 29.6 Å². The van der Waals surface area contributed by atoms with E-state index >= 15 is 0 Å². The first-order valence-electron chi connectivity index (χ1n) is 10.00. The number of imidazole rings is 1. The number of aromatic nitrogens is 6. The number of carbonyl (C=O) groups excluding carboxylic acids is 1. The van der Waals surface area contributed by atoms with Gasteiger partial charge in [-0.25, -0.2) is 15.0 Å². The van der Waals surface area contributed by atoms with Crippen LogP contribution in [0.15, 0.2) is 66.1 Å². The minimum absolute atomic E-state index is 0.0693. The van der Waals surface area contributed by atoms with Crippen molar-refractivity contribution in [3.05, 3.63) is 61.6 Å². The highest BCUT2D eigenvalue weighted by Gasteiger charge is 2.27. The van der Waals surface area contributed by atoms with E-state index in [1.165, 1.54) is 6.33 Å². The molecular weight excluding hydrogens is 396 g/mol. The molecule has 1 unspecified atom stereocenters. The van der Waals surface area contributed by atoms with Crippen molar-refractivity contribution in [1.82, 2.24) is 29.7 Å². The van der Waals surface area contributed by atoms with Crippen LogP contribution in [0.3, 0.4) is 0 Å². The van der Waals surface area contributed by atoms with Crippen LogP contribution >= 0.6 is 0 Å². The van der Waals surface area contributed by atoms with Crippen molar-refractivity contribution in [1.29, 1.82) is 0 Å². The summed E-state index contributed by atoms with van der Waals surface area (Å²) in [6, 6.07) is 9.17. The third kappa shape index (κ3) is 4.13. The zero-order valence-corrected chi connectivity index (χ0v) is 16.6. The number of nitrogens with zero attached hydrogens (tertiary/aromatic N) is 7. The molecule has 31 heavy (non-hydrogen) atoms. The van der Waals surface area contributed by atoms with Crippen molar-refractivity contribution in [2.75, 3.05) is 23.3 Å². The fourth-order valence-electron chi connectivity index (χ4n) is 3.63. The van der Waals surface area contributed by atoms with E-state index in [1.54, 1.807) is 35.6 Å². The molecule has 0 radical (unpaired) electrons. The molecular formula is C21H20N8O2. The van der Waals surface area contributed by atoms with Gasteiger partial charge in [-0.05, 0) is 37.1 Å². The molecule has 1 fully saturated rings. The Labute approximate surface area is 178 Å². The van der Waals surface area contributed by atoms with E-state index in [9.17, 15) is 4.79 Å². The molecule has 4 aromatic rings. The quantitative estimate of drug-likeness (QED) is 0.528. The Kier molecular flexibility index (Phi) is 5.09. The van der Waals surface area contributed by atoms with Gasteiger partial charge in [0, 0.05) is 31.5 Å². The molecule has 5 heterocycles. The summed E-state index contributed by atoms with van der Waals surface area (Å²) >= 11 is 0. The largest absolute Gasteiger partial charge is 0.463 e. The summed E-state index contributed by atoms with van der Waals surface area (Å²) in [6.45, 7) is 1.40. The number of rotatable bonds is 5. The number of amides is 1. The number of anilines is 2. The molecule has 0 aromatic carbocycles. The van der Waals surface area contributed by atoms with Crippen LogP contribution in [0.25, 0.3) is 17.3 Å². The first-order chi connectivity index (χ1) is 15.3. The second kappa shape index (κ2) is 8.34. The summed E-state index contributed by atoms with van der Waals surface area (Å²) in [5.41, 5.74) is 0.678. The van der Waals surface area contributed by atoms with Crippen molar-refractivity contribution >= 4 is 17.5 Å². The molecule has 0 spiro atoms. The van der Waals surface area contributed by atoms with E-state index in [1.807, 2.05) is 24.3 Å². The first kappa shape index (κ1) is 18.9. The van der Waals surface area contributed by atoms with Gasteiger partial charge in [-0.3, -0.25) is 9.36 Å². The van der Waals surface area contributed by atoms with E-state index in [2.05, 4.69) is 35.4 Å². The Morgan fingerprint density at radius 2 is 2.13 bits per heavy atom. The van der Waals surface area contributed by atoms with Gasteiger partial charge in [0.25, 0.3) is 0 Å². The van der Waals surface area contributed by atoms with Crippen LogP contribution in [-0.2, 0) is 4.79 Å². The van der Waals surface area contributed by atoms with Crippen molar-refractivity contribution in [2.45, 2.75) is 12.8 Å². The Hall–Kier alpha value is -4.08. The van der Waals surface area contributed by atoms with Gasteiger partial charge in [0.15, 0.2) is 11.6 Å². The van der Waals surface area contributed by atoms with Gasteiger partial charge in [-0.1, -0.05) is 0 Å². The van der Waals surface area contributed by atoms with Crippen LogP contribution in [0.4, 0.5) is 11.6 Å². The summed E-state index contributed by atoms with van der Waals surface area (Å²) in [5.74, 6) is 2.28. The fraction of sp³-hybridized carbons (Fsp3) is 0.238. The third-order valence-electron chi connectivity index (χ3n) is 5.21. The van der Waals surface area contributed by atoms with Crippen LogP contribution in [0, 0.1) is 5.92 Å². The van der Waals surface area contributed by atoms with Crippen molar-refractivity contribution in [3.8, 4) is 17.3 Å². The molecule has 1 saturated heterocycles. The second-order valence-corrected chi connectivity index (χ2v) is 7.26. The molecule has 0 saturated carbocycles. The lowest BCUT2D eigenvalue weighted by atomic mass is 9.97. The average Bonchev–Trinajstić information content (AvgIpc) is 3.54. The summed E-state index contributed by atoms with van der Waals surface area (Å²) in [7, 11) is 0. The molecule has 1 aliphatic heterocycles. The van der Waals surface area contributed by atoms with Crippen LogP contribution in [0.2, 0.25) is 0 Å². The highest BCUT2D eigenvalue weighted by Crippen LogP contribution is 2.24. The lowest BCUT2D eigenvalue weighted by Gasteiger charge is -2.32. The van der Waals surface area contributed by atoms with E-state index < -0.39 is 0 Å². The predicted molar refractivity (Wildman–Crippen MR) is 112 cm³/mol. The summed E-state index contributed by atoms with van der Waals surface area (Å²) < 4.78 is 7.11. The Bertz CT molecular complexity index is 1140. The highest BCUT2D eigenvalue weighted by atomic mass is 16.3. The predicted octanol–water partition coefficient (Wildman–Crippen LogP) is 2.57. The highest BCUT2D eigenvalue weighted by molar-refractivity contribution is 5.92. The van der Waals surface area contributed by atoms with Crippen LogP contribution in [0.5, 0.6) is 0 Å². The molecule has 1 aliphatic rings. The molecule has 0 bridgehead atoms. The smallest absolute Gasteiger partial charge is 0.230 e.